The molecule has 0 saturated carbocycles. The Balaban J connectivity index is 0.000000145. The summed E-state index contributed by atoms with van der Waals surface area (Å²) in [5, 5.41) is 8.72. The molecule has 0 fully saturated rings. The fourth-order valence-electron chi connectivity index (χ4n) is 16.0. The molecule has 0 unspecified atom stereocenters. The highest BCUT2D eigenvalue weighted by Gasteiger charge is 2.18. The van der Waals surface area contributed by atoms with Gasteiger partial charge in [-0.05, 0) is 189 Å². The molecule has 0 spiro atoms. The van der Waals surface area contributed by atoms with Gasteiger partial charge in [-0.3, -0.25) is 15.0 Å². The number of nitrogens with zero attached hydrogens (tertiary/aromatic N) is 9. The van der Waals surface area contributed by atoms with Gasteiger partial charge in [0.05, 0.1) is 84.0 Å². The lowest BCUT2D eigenvalue weighted by atomic mass is 9.91. The van der Waals surface area contributed by atoms with Crippen LogP contribution in [0.3, 0.4) is 0 Å². The third-order valence-corrected chi connectivity index (χ3v) is 22.0. The van der Waals surface area contributed by atoms with Crippen molar-refractivity contribution < 1.29 is 0 Å². The minimum atomic E-state index is 0.900. The standard InChI is InChI=1S/C54H34N4.C53H33N5/c1-3-9-35(10-4-1)41-13-7-15-44(31-41)48-27-23-38-18-22-46(34-52(38)55-48)49-28-24-37-17-21-43(33-51(37)56-49)42-14-8-16-45(32-42)50-30-26-40-20-19-39-25-29-47(36-11-5-2-6-12-36)57-53(39)54(40)58-50;1-3-13-50-45(10-1)43(23-26-55-50)41-29-40(30-42(31-41)44-24-27-56-51-14-4-2-11-46(44)51)36-17-15-34-20-22-49(58-52(34)32-36)39-18-16-35-19-21-48(57-53(35)33-39)38-9-7-8-37(28-38)47-12-5-6-25-54-47/h1-34H;1-33H. The van der Waals surface area contributed by atoms with Crippen molar-refractivity contribution in [1.82, 2.24) is 44.9 Å². The fourth-order valence-corrected chi connectivity index (χ4v) is 16.0. The molecular weight excluding hydrogens is 1410 g/mol. The van der Waals surface area contributed by atoms with Gasteiger partial charge in [-0.15, -0.1) is 0 Å². The summed E-state index contributed by atoms with van der Waals surface area (Å²) in [5.41, 5.74) is 32.6. The molecule has 9 heteroatoms. The lowest BCUT2D eigenvalue weighted by molar-refractivity contribution is 1.32. The van der Waals surface area contributed by atoms with Crippen LogP contribution >= 0.6 is 0 Å². The third kappa shape index (κ3) is 13.4. The van der Waals surface area contributed by atoms with Crippen LogP contribution in [-0.2, 0) is 0 Å². The topological polar surface area (TPSA) is 116 Å². The molecule has 0 amide bonds. The second kappa shape index (κ2) is 29.5. The number of benzene rings is 13. The molecule has 22 rings (SSSR count). The molecule has 540 valence electrons. The molecule has 0 aliphatic rings. The van der Waals surface area contributed by atoms with E-state index in [4.69, 9.17) is 29.9 Å². The van der Waals surface area contributed by atoms with Gasteiger partial charge in [0.2, 0.25) is 0 Å². The van der Waals surface area contributed by atoms with Crippen LogP contribution < -0.4 is 0 Å². The molecule has 13 aromatic carbocycles. The maximum absolute atomic E-state index is 5.26. The summed E-state index contributed by atoms with van der Waals surface area (Å²) < 4.78 is 0. The van der Waals surface area contributed by atoms with E-state index in [-0.39, 0.29) is 0 Å². The second-order valence-electron chi connectivity index (χ2n) is 29.3. The van der Waals surface area contributed by atoms with Gasteiger partial charge in [-0.25, -0.2) is 29.9 Å². The van der Waals surface area contributed by atoms with E-state index in [1.807, 2.05) is 73.2 Å². The van der Waals surface area contributed by atoms with Gasteiger partial charge in [-0.1, -0.05) is 255 Å². The molecule has 0 N–H and O–H groups in total. The van der Waals surface area contributed by atoms with E-state index in [0.29, 0.717) is 0 Å². The molecule has 0 aliphatic carbocycles. The minimum Gasteiger partial charge on any atom is -0.256 e. The number of para-hydroxylation sites is 2. The second-order valence-corrected chi connectivity index (χ2v) is 29.3. The zero-order valence-corrected chi connectivity index (χ0v) is 62.7. The molecule has 9 heterocycles. The maximum Gasteiger partial charge on any atom is 0.0972 e. The number of fused-ring (bicyclic) bond motifs is 9. The Bertz CT molecular complexity index is 7490. The number of pyridine rings is 9. The van der Waals surface area contributed by atoms with E-state index < -0.39 is 0 Å². The van der Waals surface area contributed by atoms with Crippen LogP contribution in [0.15, 0.2) is 407 Å². The average molecular weight is 1480 g/mol. The Labute approximate surface area is 669 Å². The third-order valence-electron chi connectivity index (χ3n) is 22.0. The van der Waals surface area contributed by atoms with Crippen LogP contribution in [0, 0.1) is 0 Å². The van der Waals surface area contributed by atoms with E-state index in [1.165, 1.54) is 11.1 Å². The quantitative estimate of drug-likeness (QED) is 0.110. The lowest BCUT2D eigenvalue weighted by Gasteiger charge is -2.14. The van der Waals surface area contributed by atoms with Crippen molar-refractivity contribution in [3.63, 3.8) is 0 Å². The Morgan fingerprint density at radius 2 is 0.440 bits per heavy atom. The Hall–Kier alpha value is -15.7. The zero-order chi connectivity index (χ0) is 76.8. The van der Waals surface area contributed by atoms with E-state index in [1.54, 1.807) is 0 Å². The first kappa shape index (κ1) is 68.3. The van der Waals surface area contributed by atoms with Crippen molar-refractivity contribution in [2.75, 3.05) is 0 Å². The Morgan fingerprint density at radius 1 is 0.138 bits per heavy atom. The van der Waals surface area contributed by atoms with Gasteiger partial charge < -0.3 is 0 Å². The SMILES string of the molecule is c1ccc(-c2cccc(-c3ccc4ccc(-c5ccc6ccc(-c7cc(-c8ccnc9ccccc89)cc(-c8ccnc9ccccc89)c7)cc6n5)cc4n3)c2)nc1.c1ccc(-c2cccc(-c3ccc4ccc(-c5ccc6ccc(-c7cccc(-c8ccc9ccc%10ccc(-c%11ccccc%11)nc%10c9n8)c7)cc6n5)cc4n3)c2)cc1. The van der Waals surface area contributed by atoms with Crippen molar-refractivity contribution in [2.45, 2.75) is 0 Å². The highest BCUT2D eigenvalue weighted by Crippen LogP contribution is 2.41. The molecule has 116 heavy (non-hydrogen) atoms. The van der Waals surface area contributed by atoms with Gasteiger partial charge >= 0.3 is 0 Å². The van der Waals surface area contributed by atoms with Gasteiger partial charge in [0.1, 0.15) is 0 Å². The summed E-state index contributed by atoms with van der Waals surface area (Å²) in [6.45, 7) is 0. The van der Waals surface area contributed by atoms with Crippen LogP contribution in [0.25, 0.3) is 222 Å². The van der Waals surface area contributed by atoms with Crippen LogP contribution in [0.4, 0.5) is 0 Å². The molecule has 0 aliphatic heterocycles. The first-order valence-electron chi connectivity index (χ1n) is 38.9. The average Bonchev–Trinajstić information content (AvgIpc) is 0.752. The predicted molar refractivity (Wildman–Crippen MR) is 478 cm³/mol. The molecular formula is C107H67N9. The number of aromatic nitrogens is 9. The number of rotatable bonds is 12. The van der Waals surface area contributed by atoms with Crippen molar-refractivity contribution in [3.05, 3.63) is 407 Å². The molecule has 22 aromatic rings. The summed E-state index contributed by atoms with van der Waals surface area (Å²) >= 11 is 0. The molecule has 9 aromatic heterocycles. The smallest absolute Gasteiger partial charge is 0.0972 e. The van der Waals surface area contributed by atoms with Crippen molar-refractivity contribution in [1.29, 1.82) is 0 Å². The molecule has 0 radical (unpaired) electrons. The molecule has 0 atom stereocenters. The van der Waals surface area contributed by atoms with Crippen LogP contribution in [-0.4, -0.2) is 44.9 Å². The van der Waals surface area contributed by atoms with Gasteiger partial charge in [-0.2, -0.15) is 0 Å². The summed E-state index contributed by atoms with van der Waals surface area (Å²) in [4.78, 5) is 44.9. The van der Waals surface area contributed by atoms with Gasteiger partial charge in [0.25, 0.3) is 0 Å². The number of hydrogen-bond donors (Lipinski definition) is 0. The van der Waals surface area contributed by atoms with E-state index in [0.717, 1.165) is 211 Å². The van der Waals surface area contributed by atoms with E-state index in [2.05, 4.69) is 349 Å². The molecule has 0 saturated heterocycles. The molecule has 9 nitrogen and oxygen atoms in total. The van der Waals surface area contributed by atoms with Gasteiger partial charge in [0.15, 0.2) is 0 Å². The minimum absolute atomic E-state index is 0.900. The lowest BCUT2D eigenvalue weighted by Crippen LogP contribution is -1.91. The maximum atomic E-state index is 5.26. The highest BCUT2D eigenvalue weighted by atomic mass is 14.8. The fraction of sp³-hybridized carbons (Fsp3) is 0. The van der Waals surface area contributed by atoms with Crippen LogP contribution in [0.1, 0.15) is 0 Å². The van der Waals surface area contributed by atoms with Crippen molar-refractivity contribution in [3.8, 4) is 134 Å². The summed E-state index contributed by atoms with van der Waals surface area (Å²) in [6, 6.07) is 136. The summed E-state index contributed by atoms with van der Waals surface area (Å²) in [6.07, 6.45) is 5.62. The van der Waals surface area contributed by atoms with Crippen molar-refractivity contribution in [2.24, 2.45) is 0 Å². The summed E-state index contributed by atoms with van der Waals surface area (Å²) in [5.74, 6) is 0. The number of hydrogen-bond acceptors (Lipinski definition) is 9. The largest absolute Gasteiger partial charge is 0.256 e. The first-order chi connectivity index (χ1) is 57.4. The predicted octanol–water partition coefficient (Wildman–Crippen LogP) is 27.2. The normalized spacial score (nSPS) is 11.4. The molecule has 0 bridgehead atoms. The monoisotopic (exact) mass is 1480 g/mol. The van der Waals surface area contributed by atoms with Crippen LogP contribution in [0.5, 0.6) is 0 Å². The Morgan fingerprint density at radius 3 is 0.905 bits per heavy atom. The zero-order valence-electron chi connectivity index (χ0n) is 62.7. The van der Waals surface area contributed by atoms with Gasteiger partial charge in [0, 0.05) is 101 Å². The van der Waals surface area contributed by atoms with E-state index >= 15 is 0 Å². The Kier molecular flexibility index (Phi) is 17.4. The summed E-state index contributed by atoms with van der Waals surface area (Å²) in [7, 11) is 0. The highest BCUT2D eigenvalue weighted by molar-refractivity contribution is 6.05. The van der Waals surface area contributed by atoms with E-state index in [9.17, 15) is 0 Å². The van der Waals surface area contributed by atoms with Crippen molar-refractivity contribution >= 4 is 87.2 Å². The first-order valence-corrected chi connectivity index (χ1v) is 38.9. The van der Waals surface area contributed by atoms with Crippen LogP contribution in [0.2, 0.25) is 0 Å².